The van der Waals surface area contributed by atoms with Crippen LogP contribution in [0.3, 0.4) is 0 Å². The highest BCUT2D eigenvalue weighted by molar-refractivity contribution is 5.79. The molecule has 150 valence electrons. The minimum absolute atomic E-state index is 0.146. The van der Waals surface area contributed by atoms with Gasteiger partial charge >= 0.3 is 0 Å². The number of benzene rings is 1. The number of rotatable bonds is 8. The van der Waals surface area contributed by atoms with Crippen molar-refractivity contribution in [1.29, 1.82) is 0 Å². The van der Waals surface area contributed by atoms with E-state index in [4.69, 9.17) is 19.2 Å². The summed E-state index contributed by atoms with van der Waals surface area (Å²) in [5.74, 6) is 1.76. The van der Waals surface area contributed by atoms with Crippen LogP contribution in [-0.2, 0) is 16.0 Å². The molecule has 1 aromatic carbocycles. The number of hydrogen-bond donors (Lipinski definition) is 2. The molecule has 2 heterocycles. The van der Waals surface area contributed by atoms with Crippen LogP contribution in [0.15, 0.2) is 23.2 Å². The zero-order chi connectivity index (χ0) is 18.9. The zero-order valence-electron chi connectivity index (χ0n) is 16.6. The highest BCUT2D eigenvalue weighted by atomic mass is 16.5. The molecule has 0 saturated carbocycles. The SMILES string of the molecule is CCNC(=NCc1ccc(C)cc1OC1CCOC1)NCCC1CCCO1. The van der Waals surface area contributed by atoms with E-state index in [1.54, 1.807) is 0 Å². The Morgan fingerprint density at radius 1 is 1.26 bits per heavy atom. The second-order valence-electron chi connectivity index (χ2n) is 7.26. The van der Waals surface area contributed by atoms with E-state index in [2.05, 4.69) is 42.7 Å². The van der Waals surface area contributed by atoms with Crippen molar-refractivity contribution in [3.05, 3.63) is 29.3 Å². The Balaban J connectivity index is 1.58. The summed E-state index contributed by atoms with van der Waals surface area (Å²) in [6.07, 6.45) is 4.86. The van der Waals surface area contributed by atoms with Crippen LogP contribution in [0.25, 0.3) is 0 Å². The van der Waals surface area contributed by atoms with Crippen molar-refractivity contribution >= 4 is 5.96 Å². The van der Waals surface area contributed by atoms with E-state index in [0.717, 1.165) is 56.4 Å². The smallest absolute Gasteiger partial charge is 0.191 e. The Morgan fingerprint density at radius 3 is 2.93 bits per heavy atom. The summed E-state index contributed by atoms with van der Waals surface area (Å²) in [6, 6.07) is 6.32. The fourth-order valence-corrected chi connectivity index (χ4v) is 3.42. The quantitative estimate of drug-likeness (QED) is 0.540. The first-order valence-electron chi connectivity index (χ1n) is 10.2. The maximum absolute atomic E-state index is 6.18. The van der Waals surface area contributed by atoms with Gasteiger partial charge in [-0.3, -0.25) is 0 Å². The van der Waals surface area contributed by atoms with Gasteiger partial charge in [0.15, 0.2) is 5.96 Å². The lowest BCUT2D eigenvalue weighted by Crippen LogP contribution is -2.38. The number of aliphatic imine (C=N–C) groups is 1. The largest absolute Gasteiger partial charge is 0.488 e. The number of aryl methyl sites for hydroxylation is 1. The second-order valence-corrected chi connectivity index (χ2v) is 7.26. The first-order chi connectivity index (χ1) is 13.2. The highest BCUT2D eigenvalue weighted by Crippen LogP contribution is 2.24. The Hall–Kier alpha value is -1.79. The molecule has 1 aromatic rings. The summed E-state index contributed by atoms with van der Waals surface area (Å²) in [7, 11) is 0. The molecule has 6 nitrogen and oxygen atoms in total. The van der Waals surface area contributed by atoms with Crippen LogP contribution in [0, 0.1) is 6.92 Å². The molecule has 6 heteroatoms. The maximum atomic E-state index is 6.18. The topological polar surface area (TPSA) is 64.1 Å². The van der Waals surface area contributed by atoms with E-state index < -0.39 is 0 Å². The molecule has 3 rings (SSSR count). The third-order valence-corrected chi connectivity index (χ3v) is 4.94. The zero-order valence-corrected chi connectivity index (χ0v) is 16.6. The Bertz CT molecular complexity index is 609. The Morgan fingerprint density at radius 2 is 2.19 bits per heavy atom. The monoisotopic (exact) mass is 375 g/mol. The van der Waals surface area contributed by atoms with Crippen molar-refractivity contribution in [2.75, 3.05) is 32.9 Å². The Labute approximate surface area is 162 Å². The van der Waals surface area contributed by atoms with E-state index in [1.165, 1.54) is 18.4 Å². The molecule has 0 bridgehead atoms. The van der Waals surface area contributed by atoms with Gasteiger partial charge in [-0.2, -0.15) is 0 Å². The normalized spacial score (nSPS) is 22.8. The van der Waals surface area contributed by atoms with Crippen molar-refractivity contribution in [3.8, 4) is 5.75 Å². The van der Waals surface area contributed by atoms with Gasteiger partial charge in [0.1, 0.15) is 11.9 Å². The lowest BCUT2D eigenvalue weighted by Gasteiger charge is -2.17. The van der Waals surface area contributed by atoms with Crippen LogP contribution < -0.4 is 15.4 Å². The van der Waals surface area contributed by atoms with Gasteiger partial charge in [-0.1, -0.05) is 12.1 Å². The minimum atomic E-state index is 0.146. The molecule has 2 unspecified atom stereocenters. The third-order valence-electron chi connectivity index (χ3n) is 4.94. The molecule has 0 spiro atoms. The van der Waals surface area contributed by atoms with Crippen LogP contribution in [0.1, 0.15) is 43.7 Å². The van der Waals surface area contributed by atoms with E-state index in [0.29, 0.717) is 19.3 Å². The average Bonchev–Trinajstić information content (AvgIpc) is 3.35. The van der Waals surface area contributed by atoms with Gasteiger partial charge in [-0.15, -0.1) is 0 Å². The van der Waals surface area contributed by atoms with Gasteiger partial charge in [0.05, 0.1) is 25.9 Å². The fraction of sp³-hybridized carbons (Fsp3) is 0.667. The van der Waals surface area contributed by atoms with E-state index in [1.807, 2.05) is 0 Å². The summed E-state index contributed by atoms with van der Waals surface area (Å²) < 4.78 is 17.3. The maximum Gasteiger partial charge on any atom is 0.191 e. The van der Waals surface area contributed by atoms with E-state index in [-0.39, 0.29) is 6.10 Å². The summed E-state index contributed by atoms with van der Waals surface area (Å²) in [5, 5.41) is 6.74. The molecule has 0 radical (unpaired) electrons. The molecule has 0 amide bonds. The first-order valence-corrected chi connectivity index (χ1v) is 10.2. The molecule has 0 aromatic heterocycles. The summed E-state index contributed by atoms with van der Waals surface area (Å²) >= 11 is 0. The van der Waals surface area contributed by atoms with E-state index >= 15 is 0 Å². The number of hydrogen-bond acceptors (Lipinski definition) is 4. The van der Waals surface area contributed by atoms with Gasteiger partial charge in [0.25, 0.3) is 0 Å². The highest BCUT2D eigenvalue weighted by Gasteiger charge is 2.19. The molecule has 2 atom stereocenters. The van der Waals surface area contributed by atoms with Gasteiger partial charge < -0.3 is 24.8 Å². The summed E-state index contributed by atoms with van der Waals surface area (Å²) in [5.41, 5.74) is 2.29. The number of ether oxygens (including phenoxy) is 3. The van der Waals surface area contributed by atoms with Crippen molar-refractivity contribution in [1.82, 2.24) is 10.6 Å². The predicted octanol–water partition coefficient (Wildman–Crippen LogP) is 2.79. The van der Waals surface area contributed by atoms with Crippen molar-refractivity contribution in [2.24, 2.45) is 4.99 Å². The molecule has 0 aliphatic carbocycles. The van der Waals surface area contributed by atoms with Crippen molar-refractivity contribution in [2.45, 2.75) is 58.3 Å². The van der Waals surface area contributed by atoms with Crippen LogP contribution in [0.2, 0.25) is 0 Å². The van der Waals surface area contributed by atoms with Crippen LogP contribution in [-0.4, -0.2) is 51.1 Å². The first kappa shape index (κ1) is 20.0. The minimum Gasteiger partial charge on any atom is -0.488 e. The fourth-order valence-electron chi connectivity index (χ4n) is 3.42. The molecule has 2 saturated heterocycles. The van der Waals surface area contributed by atoms with Crippen LogP contribution >= 0.6 is 0 Å². The molecule has 27 heavy (non-hydrogen) atoms. The predicted molar refractivity (Wildman–Crippen MR) is 107 cm³/mol. The van der Waals surface area contributed by atoms with Gasteiger partial charge in [0.2, 0.25) is 0 Å². The van der Waals surface area contributed by atoms with Crippen molar-refractivity contribution in [3.63, 3.8) is 0 Å². The molecular weight excluding hydrogens is 342 g/mol. The van der Waals surface area contributed by atoms with Crippen LogP contribution in [0.5, 0.6) is 5.75 Å². The lowest BCUT2D eigenvalue weighted by molar-refractivity contribution is 0.105. The summed E-state index contributed by atoms with van der Waals surface area (Å²) in [6.45, 7) is 8.81. The molecule has 2 N–H and O–H groups in total. The second kappa shape index (κ2) is 10.5. The van der Waals surface area contributed by atoms with E-state index in [9.17, 15) is 0 Å². The molecule has 2 aliphatic rings. The average molecular weight is 376 g/mol. The summed E-state index contributed by atoms with van der Waals surface area (Å²) in [4.78, 5) is 4.76. The van der Waals surface area contributed by atoms with Gasteiger partial charge in [-0.25, -0.2) is 4.99 Å². The number of guanidine groups is 1. The standard InChI is InChI=1S/C21H33N3O3/c1-3-22-21(23-10-8-18-5-4-11-26-18)24-14-17-7-6-16(2)13-20(17)27-19-9-12-25-15-19/h6-7,13,18-19H,3-5,8-12,14-15H2,1-2H3,(H2,22,23,24). The molecular formula is C21H33N3O3. The number of nitrogens with one attached hydrogen (secondary N) is 2. The van der Waals surface area contributed by atoms with Gasteiger partial charge in [-0.05, 0) is 44.7 Å². The molecule has 2 aliphatic heterocycles. The van der Waals surface area contributed by atoms with Crippen molar-refractivity contribution < 1.29 is 14.2 Å². The molecule has 2 fully saturated rings. The number of nitrogens with zero attached hydrogens (tertiary/aromatic N) is 1. The Kier molecular flexibility index (Phi) is 7.78. The van der Waals surface area contributed by atoms with Gasteiger partial charge in [0, 0.05) is 31.7 Å². The van der Waals surface area contributed by atoms with Crippen LogP contribution in [0.4, 0.5) is 0 Å². The third kappa shape index (κ3) is 6.40. The lowest BCUT2D eigenvalue weighted by atomic mass is 10.1.